The van der Waals surface area contributed by atoms with Gasteiger partial charge in [0.25, 0.3) is 0 Å². The van der Waals surface area contributed by atoms with E-state index in [0.29, 0.717) is 6.54 Å². The number of anilines is 4. The van der Waals surface area contributed by atoms with Crippen molar-refractivity contribution in [2.45, 2.75) is 11.4 Å². The number of pyridine rings is 2. The van der Waals surface area contributed by atoms with Crippen molar-refractivity contribution >= 4 is 34.6 Å². The van der Waals surface area contributed by atoms with Crippen molar-refractivity contribution in [3.05, 3.63) is 91.4 Å². The van der Waals surface area contributed by atoms with Crippen molar-refractivity contribution in [3.63, 3.8) is 0 Å². The van der Waals surface area contributed by atoms with Crippen LogP contribution in [-0.2, 0) is 6.54 Å². The second kappa shape index (κ2) is 8.51. The molecule has 0 saturated heterocycles. The lowest BCUT2D eigenvalue weighted by Crippen LogP contribution is -2.25. The highest BCUT2D eigenvalue weighted by atomic mass is 32.2. The van der Waals surface area contributed by atoms with Crippen LogP contribution in [0.2, 0.25) is 0 Å². The molecule has 0 N–H and O–H groups in total. The molecule has 0 atom stereocenters. The van der Waals surface area contributed by atoms with Gasteiger partial charge in [0, 0.05) is 36.1 Å². The summed E-state index contributed by atoms with van der Waals surface area (Å²) in [7, 11) is 0. The predicted molar refractivity (Wildman–Crippen MR) is 121 cm³/mol. The number of hydrogen-bond donors (Lipinski definition) is 0. The number of thioether (sulfide) groups is 1. The molecule has 1 aliphatic rings. The fraction of sp³-hybridized carbons (Fsp3) is 0.130. The molecule has 30 heavy (non-hydrogen) atoms. The van der Waals surface area contributed by atoms with Crippen LogP contribution in [0.4, 0.5) is 22.9 Å². The maximum Gasteiger partial charge on any atom is 0.132 e. The average molecular weight is 413 g/mol. The van der Waals surface area contributed by atoms with E-state index in [-0.39, 0.29) is 0 Å². The molecule has 0 unspecified atom stereocenters. The lowest BCUT2D eigenvalue weighted by molar-refractivity contribution is 0.928. The van der Waals surface area contributed by atoms with E-state index in [4.69, 9.17) is 4.98 Å². The van der Waals surface area contributed by atoms with Gasteiger partial charge in [-0.3, -0.25) is 4.98 Å². The summed E-state index contributed by atoms with van der Waals surface area (Å²) in [5.41, 5.74) is 4.23. The zero-order valence-electron chi connectivity index (χ0n) is 16.3. The molecular weight excluding hydrogens is 392 g/mol. The number of aromatic nitrogens is 4. The van der Waals surface area contributed by atoms with E-state index in [1.807, 2.05) is 48.7 Å². The fourth-order valence-corrected chi connectivity index (χ4v) is 4.53. The van der Waals surface area contributed by atoms with Gasteiger partial charge >= 0.3 is 0 Å². The summed E-state index contributed by atoms with van der Waals surface area (Å²) in [4.78, 5) is 23.1. The molecule has 1 aromatic carbocycles. The van der Waals surface area contributed by atoms with E-state index >= 15 is 0 Å². The van der Waals surface area contributed by atoms with Crippen molar-refractivity contribution < 1.29 is 0 Å². The molecule has 6 nitrogen and oxygen atoms in total. The number of fused-ring (bicyclic) bond motifs is 1. The number of para-hydroxylation sites is 1. The monoisotopic (exact) mass is 412 g/mol. The molecule has 3 aromatic heterocycles. The second-order valence-corrected chi connectivity index (χ2v) is 8.02. The Hall–Kier alpha value is -3.45. The van der Waals surface area contributed by atoms with E-state index in [0.717, 1.165) is 35.1 Å². The molecule has 4 aromatic rings. The van der Waals surface area contributed by atoms with Crippen LogP contribution in [0, 0.1) is 0 Å². The molecule has 0 bridgehead atoms. The van der Waals surface area contributed by atoms with E-state index in [1.165, 1.54) is 16.9 Å². The van der Waals surface area contributed by atoms with Gasteiger partial charge < -0.3 is 9.80 Å². The molecule has 1 aliphatic heterocycles. The summed E-state index contributed by atoms with van der Waals surface area (Å²) in [6.07, 6.45) is 10.7. The third-order valence-electron chi connectivity index (χ3n) is 4.97. The highest BCUT2D eigenvalue weighted by Crippen LogP contribution is 2.38. The first-order chi connectivity index (χ1) is 14.9. The summed E-state index contributed by atoms with van der Waals surface area (Å²) in [5.74, 6) is 2.03. The fourth-order valence-electron chi connectivity index (χ4n) is 3.54. The van der Waals surface area contributed by atoms with E-state index < -0.39 is 0 Å². The average Bonchev–Trinajstić information content (AvgIpc) is 2.84. The van der Waals surface area contributed by atoms with E-state index in [1.54, 1.807) is 6.20 Å². The molecule has 0 aliphatic carbocycles. The van der Waals surface area contributed by atoms with E-state index in [9.17, 15) is 0 Å². The second-order valence-electron chi connectivity index (χ2n) is 6.89. The highest BCUT2D eigenvalue weighted by molar-refractivity contribution is 7.99. The van der Waals surface area contributed by atoms with Crippen molar-refractivity contribution in [3.8, 4) is 0 Å². The summed E-state index contributed by atoms with van der Waals surface area (Å²) >= 11 is 1.90. The number of benzene rings is 1. The van der Waals surface area contributed by atoms with Gasteiger partial charge in [-0.2, -0.15) is 0 Å². The normalized spacial score (nSPS) is 13.0. The maximum atomic E-state index is 4.78. The first kappa shape index (κ1) is 18.6. The smallest absolute Gasteiger partial charge is 0.132 e. The molecule has 148 valence electrons. The van der Waals surface area contributed by atoms with Crippen molar-refractivity contribution in [1.82, 2.24) is 19.9 Å². The summed E-state index contributed by atoms with van der Waals surface area (Å²) in [5, 5.41) is 0. The maximum absolute atomic E-state index is 4.78. The van der Waals surface area contributed by atoms with Gasteiger partial charge in [-0.25, -0.2) is 15.0 Å². The van der Waals surface area contributed by atoms with Gasteiger partial charge in [-0.15, -0.1) is 11.8 Å². The Morgan fingerprint density at radius 1 is 0.867 bits per heavy atom. The third kappa shape index (κ3) is 3.84. The van der Waals surface area contributed by atoms with Crippen molar-refractivity contribution in [2.24, 2.45) is 0 Å². The van der Waals surface area contributed by atoms with E-state index in [2.05, 4.69) is 61.1 Å². The van der Waals surface area contributed by atoms with Crippen molar-refractivity contribution in [2.75, 3.05) is 22.1 Å². The lowest BCUT2D eigenvalue weighted by atomic mass is 10.2. The summed E-state index contributed by atoms with van der Waals surface area (Å²) < 4.78 is 0. The quantitative estimate of drug-likeness (QED) is 0.464. The van der Waals surface area contributed by atoms with Crippen LogP contribution in [0.1, 0.15) is 5.56 Å². The molecule has 0 amide bonds. The molecule has 0 spiro atoms. The first-order valence-corrected chi connectivity index (χ1v) is 10.7. The summed E-state index contributed by atoms with van der Waals surface area (Å²) in [6, 6.07) is 16.7. The Morgan fingerprint density at radius 2 is 1.73 bits per heavy atom. The molecule has 0 radical (unpaired) electrons. The number of hydrogen-bond acceptors (Lipinski definition) is 7. The van der Waals surface area contributed by atoms with Gasteiger partial charge in [0.05, 0.1) is 35.7 Å². The van der Waals surface area contributed by atoms with Crippen LogP contribution < -0.4 is 9.80 Å². The van der Waals surface area contributed by atoms with Crippen LogP contribution in [0.5, 0.6) is 0 Å². The topological polar surface area (TPSA) is 58.0 Å². The minimum absolute atomic E-state index is 0.652. The lowest BCUT2D eigenvalue weighted by Gasteiger charge is -2.30. The van der Waals surface area contributed by atoms with Crippen LogP contribution >= 0.6 is 11.8 Å². The van der Waals surface area contributed by atoms with Crippen LogP contribution in [0.15, 0.2) is 90.7 Å². The summed E-state index contributed by atoms with van der Waals surface area (Å²) in [6.45, 7) is 1.61. The molecule has 4 heterocycles. The van der Waals surface area contributed by atoms with Gasteiger partial charge in [0.1, 0.15) is 12.1 Å². The molecule has 0 fully saturated rings. The van der Waals surface area contributed by atoms with Crippen molar-refractivity contribution in [1.29, 1.82) is 0 Å². The zero-order valence-corrected chi connectivity index (χ0v) is 17.1. The Balaban J connectivity index is 1.41. The molecule has 5 rings (SSSR count). The largest absolute Gasteiger partial charge is 0.333 e. The zero-order chi connectivity index (χ0) is 20.2. The van der Waals surface area contributed by atoms with Gasteiger partial charge in [-0.1, -0.05) is 18.2 Å². The minimum Gasteiger partial charge on any atom is -0.333 e. The minimum atomic E-state index is 0.652. The standard InChI is InChI=1S/C23H20N6S/c1-2-6-22-21(5-1)28(10-11-30-22)23-8-7-18(12-27-23)16-29(19-4-3-9-24-13-19)20-14-25-17-26-15-20/h1-9,12-15,17H,10-11,16H2. The van der Waals surface area contributed by atoms with Crippen LogP contribution in [0.3, 0.4) is 0 Å². The Bertz CT molecular complexity index is 1070. The van der Waals surface area contributed by atoms with Gasteiger partial charge in [0.15, 0.2) is 0 Å². The Morgan fingerprint density at radius 3 is 2.53 bits per heavy atom. The number of rotatable bonds is 5. The van der Waals surface area contributed by atoms with Gasteiger partial charge in [-0.05, 0) is 35.9 Å². The number of nitrogens with zero attached hydrogens (tertiary/aromatic N) is 6. The molecule has 0 saturated carbocycles. The SMILES string of the molecule is c1cncc(N(Cc2ccc(N3CCSc4ccccc43)nc2)c2cncnc2)c1. The first-order valence-electron chi connectivity index (χ1n) is 9.75. The molecular formula is C23H20N6S. The highest BCUT2D eigenvalue weighted by Gasteiger charge is 2.19. The predicted octanol–water partition coefficient (Wildman–Crippen LogP) is 4.85. The van der Waals surface area contributed by atoms with Crippen LogP contribution in [-0.4, -0.2) is 32.2 Å². The van der Waals surface area contributed by atoms with Gasteiger partial charge in [0.2, 0.25) is 0 Å². The van der Waals surface area contributed by atoms with Crippen LogP contribution in [0.25, 0.3) is 0 Å². The Labute approximate surface area is 179 Å². The third-order valence-corrected chi connectivity index (χ3v) is 6.01. The Kier molecular flexibility index (Phi) is 5.26. The molecule has 7 heteroatoms.